The van der Waals surface area contributed by atoms with Crippen molar-refractivity contribution in [2.24, 2.45) is 5.73 Å². The summed E-state index contributed by atoms with van der Waals surface area (Å²) in [6, 6.07) is 16.6. The van der Waals surface area contributed by atoms with Gasteiger partial charge in [0.2, 0.25) is 0 Å². The molecular weight excluding hydrogens is 330 g/mol. The highest BCUT2D eigenvalue weighted by atomic mass is 16.5. The second-order valence-electron chi connectivity index (χ2n) is 6.26. The zero-order chi connectivity index (χ0) is 18.4. The molecule has 1 aliphatic heterocycles. The highest BCUT2D eigenvalue weighted by Gasteiger charge is 2.30. The van der Waals surface area contributed by atoms with Gasteiger partial charge in [-0.15, -0.1) is 0 Å². The van der Waals surface area contributed by atoms with E-state index in [9.17, 15) is 9.59 Å². The highest BCUT2D eigenvalue weighted by Crippen LogP contribution is 2.22. The van der Waals surface area contributed by atoms with Crippen molar-refractivity contribution in [1.29, 1.82) is 0 Å². The number of anilines is 1. The van der Waals surface area contributed by atoms with E-state index in [1.54, 1.807) is 24.3 Å². The minimum Gasteiger partial charge on any atom is -0.364 e. The van der Waals surface area contributed by atoms with Crippen molar-refractivity contribution in [2.75, 3.05) is 11.9 Å². The monoisotopic (exact) mass is 353 g/mol. The summed E-state index contributed by atoms with van der Waals surface area (Å²) in [5, 5.41) is 5.69. The van der Waals surface area contributed by atoms with E-state index < -0.39 is 6.10 Å². The Hall–Kier alpha value is -2.70. The van der Waals surface area contributed by atoms with Crippen LogP contribution in [0.15, 0.2) is 54.6 Å². The van der Waals surface area contributed by atoms with Crippen LogP contribution in [0.3, 0.4) is 0 Å². The number of carbonyl (C=O) groups excluding carboxylic acids is 2. The third-order valence-corrected chi connectivity index (χ3v) is 4.39. The molecule has 0 unspecified atom stereocenters. The Bertz CT molecular complexity index is 764. The summed E-state index contributed by atoms with van der Waals surface area (Å²) in [7, 11) is 0. The van der Waals surface area contributed by atoms with Crippen LogP contribution in [-0.2, 0) is 16.1 Å². The van der Waals surface area contributed by atoms with Crippen molar-refractivity contribution in [2.45, 2.75) is 31.6 Å². The molecule has 2 atom stereocenters. The van der Waals surface area contributed by atoms with Gasteiger partial charge >= 0.3 is 0 Å². The minimum absolute atomic E-state index is 0.0739. The molecule has 2 amide bonds. The van der Waals surface area contributed by atoms with Gasteiger partial charge in [-0.25, -0.2) is 0 Å². The molecule has 26 heavy (non-hydrogen) atoms. The Morgan fingerprint density at radius 3 is 2.50 bits per heavy atom. The number of rotatable bonds is 6. The predicted molar refractivity (Wildman–Crippen MR) is 99.6 cm³/mol. The zero-order valence-corrected chi connectivity index (χ0v) is 14.5. The van der Waals surface area contributed by atoms with Gasteiger partial charge in [0, 0.05) is 13.1 Å². The zero-order valence-electron chi connectivity index (χ0n) is 14.5. The van der Waals surface area contributed by atoms with Crippen LogP contribution in [0, 0.1) is 0 Å². The first-order valence-electron chi connectivity index (χ1n) is 8.75. The molecule has 0 spiro atoms. The molecular formula is C20H23N3O3. The number of nitrogens with one attached hydrogen (secondary N) is 2. The summed E-state index contributed by atoms with van der Waals surface area (Å²) in [4.78, 5) is 25.0. The first-order valence-corrected chi connectivity index (χ1v) is 8.75. The molecule has 1 saturated heterocycles. The largest absolute Gasteiger partial charge is 0.364 e. The Morgan fingerprint density at radius 2 is 1.77 bits per heavy atom. The van der Waals surface area contributed by atoms with Gasteiger partial charge < -0.3 is 21.1 Å². The van der Waals surface area contributed by atoms with Crippen LogP contribution < -0.4 is 16.4 Å². The number of benzene rings is 2. The highest BCUT2D eigenvalue weighted by molar-refractivity contribution is 6.04. The maximum atomic E-state index is 12.5. The van der Waals surface area contributed by atoms with Gasteiger partial charge in [-0.05, 0) is 30.5 Å². The summed E-state index contributed by atoms with van der Waals surface area (Å²) in [5.41, 5.74) is 7.49. The van der Waals surface area contributed by atoms with Crippen LogP contribution in [0.4, 0.5) is 5.69 Å². The first-order chi connectivity index (χ1) is 12.7. The molecule has 1 fully saturated rings. The smallest absolute Gasteiger partial charge is 0.253 e. The molecule has 0 saturated carbocycles. The van der Waals surface area contributed by atoms with E-state index in [1.807, 2.05) is 30.3 Å². The van der Waals surface area contributed by atoms with E-state index >= 15 is 0 Å². The lowest BCUT2D eigenvalue weighted by Crippen LogP contribution is -2.31. The van der Waals surface area contributed by atoms with Crippen LogP contribution >= 0.6 is 0 Å². The Balaban J connectivity index is 1.64. The number of hydrogen-bond donors (Lipinski definition) is 3. The average Bonchev–Trinajstić information content (AvgIpc) is 3.17. The number of amides is 2. The Labute approximate surface area is 152 Å². The molecule has 6 nitrogen and oxygen atoms in total. The van der Waals surface area contributed by atoms with E-state index in [1.165, 1.54) is 0 Å². The second kappa shape index (κ2) is 8.60. The van der Waals surface area contributed by atoms with Crippen molar-refractivity contribution < 1.29 is 14.3 Å². The minimum atomic E-state index is -0.524. The number of hydrogen-bond acceptors (Lipinski definition) is 4. The van der Waals surface area contributed by atoms with E-state index in [0.717, 1.165) is 12.0 Å². The van der Waals surface area contributed by atoms with Crippen LogP contribution in [0.25, 0.3) is 0 Å². The summed E-state index contributed by atoms with van der Waals surface area (Å²) in [6.07, 6.45) is 0.809. The lowest BCUT2D eigenvalue weighted by molar-refractivity contribution is -0.126. The molecule has 0 bridgehead atoms. The summed E-state index contributed by atoms with van der Waals surface area (Å²) >= 11 is 0. The predicted octanol–water partition coefficient (Wildman–Crippen LogP) is 2.06. The SMILES string of the molecule is NC[C@H]1CC[C@@H](C(=O)Nc2ccccc2C(=O)NCc2ccccc2)O1. The quantitative estimate of drug-likeness (QED) is 0.741. The van der Waals surface area contributed by atoms with E-state index in [4.69, 9.17) is 10.5 Å². The molecule has 3 rings (SSSR count). The average molecular weight is 353 g/mol. The van der Waals surface area contributed by atoms with Crippen molar-refractivity contribution in [3.63, 3.8) is 0 Å². The van der Waals surface area contributed by atoms with Gasteiger partial charge in [-0.1, -0.05) is 42.5 Å². The Morgan fingerprint density at radius 1 is 1.04 bits per heavy atom. The van der Waals surface area contributed by atoms with Crippen LogP contribution in [-0.4, -0.2) is 30.6 Å². The van der Waals surface area contributed by atoms with Crippen LogP contribution in [0.5, 0.6) is 0 Å². The van der Waals surface area contributed by atoms with E-state index in [0.29, 0.717) is 30.8 Å². The summed E-state index contributed by atoms with van der Waals surface area (Å²) < 4.78 is 5.61. The van der Waals surface area contributed by atoms with Gasteiger partial charge in [0.05, 0.1) is 17.4 Å². The molecule has 2 aromatic carbocycles. The maximum Gasteiger partial charge on any atom is 0.253 e. The third-order valence-electron chi connectivity index (χ3n) is 4.39. The number of nitrogens with two attached hydrogens (primary N) is 1. The first kappa shape index (κ1) is 18.1. The standard InChI is InChI=1S/C20H23N3O3/c21-12-15-10-11-18(26-15)20(25)23-17-9-5-4-8-16(17)19(24)22-13-14-6-2-1-3-7-14/h1-9,15,18H,10-13,21H2,(H,22,24)(H,23,25)/t15-,18+/m1/s1. The summed E-state index contributed by atoms with van der Waals surface area (Å²) in [5.74, 6) is -0.485. The van der Waals surface area contributed by atoms with Crippen LogP contribution in [0.2, 0.25) is 0 Å². The lowest BCUT2D eigenvalue weighted by atomic mass is 10.1. The van der Waals surface area contributed by atoms with Crippen LogP contribution in [0.1, 0.15) is 28.8 Å². The number of ether oxygens (including phenoxy) is 1. The second-order valence-corrected chi connectivity index (χ2v) is 6.26. The van der Waals surface area contributed by atoms with Crippen molar-refractivity contribution >= 4 is 17.5 Å². The third kappa shape index (κ3) is 4.47. The molecule has 4 N–H and O–H groups in total. The van der Waals surface area contributed by atoms with Crippen molar-refractivity contribution in [1.82, 2.24) is 5.32 Å². The molecule has 0 aliphatic carbocycles. The molecule has 2 aromatic rings. The number of para-hydroxylation sites is 1. The number of carbonyl (C=O) groups is 2. The molecule has 1 heterocycles. The Kier molecular flexibility index (Phi) is 5.99. The van der Waals surface area contributed by atoms with Gasteiger partial charge in [-0.3, -0.25) is 9.59 Å². The molecule has 6 heteroatoms. The van der Waals surface area contributed by atoms with Gasteiger partial charge in [0.1, 0.15) is 6.10 Å². The lowest BCUT2D eigenvalue weighted by Gasteiger charge is -2.15. The topological polar surface area (TPSA) is 93.5 Å². The van der Waals surface area contributed by atoms with Crippen molar-refractivity contribution in [3.05, 3.63) is 65.7 Å². The fourth-order valence-electron chi connectivity index (χ4n) is 2.95. The normalized spacial score (nSPS) is 19.1. The molecule has 136 valence electrons. The molecule has 0 radical (unpaired) electrons. The van der Waals surface area contributed by atoms with Gasteiger partial charge in [0.15, 0.2) is 0 Å². The van der Waals surface area contributed by atoms with Gasteiger partial charge in [-0.2, -0.15) is 0 Å². The fourth-order valence-corrected chi connectivity index (χ4v) is 2.95. The van der Waals surface area contributed by atoms with Crippen molar-refractivity contribution in [3.8, 4) is 0 Å². The van der Waals surface area contributed by atoms with E-state index in [-0.39, 0.29) is 17.9 Å². The maximum absolute atomic E-state index is 12.5. The molecule has 0 aromatic heterocycles. The van der Waals surface area contributed by atoms with E-state index in [2.05, 4.69) is 10.6 Å². The molecule has 1 aliphatic rings. The van der Waals surface area contributed by atoms with Gasteiger partial charge in [0.25, 0.3) is 11.8 Å². The summed E-state index contributed by atoms with van der Waals surface area (Å²) in [6.45, 7) is 0.828. The fraction of sp³-hybridized carbons (Fsp3) is 0.300.